The molecule has 1 aliphatic rings. The van der Waals surface area contributed by atoms with E-state index < -0.39 is 0 Å². The smallest absolute Gasteiger partial charge is 0.270 e. The van der Waals surface area contributed by atoms with Crippen molar-refractivity contribution in [3.8, 4) is 0 Å². The van der Waals surface area contributed by atoms with Gasteiger partial charge in [0.25, 0.3) is 5.69 Å². The highest BCUT2D eigenvalue weighted by Crippen LogP contribution is 2.27. The molecule has 0 amide bonds. The lowest BCUT2D eigenvalue weighted by Crippen LogP contribution is -2.46. The highest BCUT2D eigenvalue weighted by atomic mass is 32.1. The first kappa shape index (κ1) is 16.7. The molecule has 2 aromatic heterocycles. The van der Waals surface area contributed by atoms with Crippen molar-refractivity contribution < 1.29 is 4.92 Å². The highest BCUT2D eigenvalue weighted by Gasteiger charge is 2.21. The van der Waals surface area contributed by atoms with E-state index in [0.717, 1.165) is 53.7 Å². The van der Waals surface area contributed by atoms with Gasteiger partial charge in [0.05, 0.1) is 16.1 Å². The van der Waals surface area contributed by atoms with E-state index in [-0.39, 0.29) is 10.6 Å². The molecule has 3 aromatic rings. The molecule has 0 bridgehead atoms. The molecule has 0 atom stereocenters. The molecule has 8 heteroatoms. The van der Waals surface area contributed by atoms with E-state index in [1.165, 1.54) is 10.9 Å². The molecular weight excluding hydrogens is 350 g/mol. The van der Waals surface area contributed by atoms with E-state index in [2.05, 4.69) is 33.6 Å². The van der Waals surface area contributed by atoms with E-state index in [9.17, 15) is 10.1 Å². The van der Waals surface area contributed by atoms with Gasteiger partial charge < -0.3 is 9.80 Å². The SMILES string of the molecule is Cc1nc(N2CCN(c3ccc4cc([N+](=O)[O-])ccc4n3)CC2)sc1C. The second kappa shape index (κ2) is 6.53. The van der Waals surface area contributed by atoms with Crippen LogP contribution in [0.3, 0.4) is 0 Å². The predicted octanol–water partition coefficient (Wildman–Crippen LogP) is 3.54. The number of nitro benzene ring substituents is 1. The van der Waals surface area contributed by atoms with Crippen LogP contribution in [0.5, 0.6) is 0 Å². The van der Waals surface area contributed by atoms with Crippen LogP contribution >= 0.6 is 11.3 Å². The largest absolute Gasteiger partial charge is 0.353 e. The van der Waals surface area contributed by atoms with Crippen LogP contribution in [0.15, 0.2) is 30.3 Å². The van der Waals surface area contributed by atoms with Crippen LogP contribution in [0.25, 0.3) is 10.9 Å². The van der Waals surface area contributed by atoms with Crippen molar-refractivity contribution in [3.63, 3.8) is 0 Å². The molecule has 4 rings (SSSR count). The van der Waals surface area contributed by atoms with Crippen LogP contribution in [0.2, 0.25) is 0 Å². The molecule has 0 saturated carbocycles. The number of fused-ring (bicyclic) bond motifs is 1. The van der Waals surface area contributed by atoms with Gasteiger partial charge in [-0.05, 0) is 32.0 Å². The zero-order valence-electron chi connectivity index (χ0n) is 14.7. The highest BCUT2D eigenvalue weighted by molar-refractivity contribution is 7.15. The number of nitrogens with zero attached hydrogens (tertiary/aromatic N) is 5. The second-order valence-electron chi connectivity index (χ2n) is 6.42. The summed E-state index contributed by atoms with van der Waals surface area (Å²) >= 11 is 1.75. The van der Waals surface area contributed by atoms with Gasteiger partial charge in [-0.25, -0.2) is 9.97 Å². The van der Waals surface area contributed by atoms with Gasteiger partial charge in [0.2, 0.25) is 0 Å². The summed E-state index contributed by atoms with van der Waals surface area (Å²) < 4.78 is 0. The predicted molar refractivity (Wildman–Crippen MR) is 104 cm³/mol. The summed E-state index contributed by atoms with van der Waals surface area (Å²) in [5.41, 5.74) is 1.98. The summed E-state index contributed by atoms with van der Waals surface area (Å²) in [5, 5.41) is 12.8. The molecule has 1 fully saturated rings. The quantitative estimate of drug-likeness (QED) is 0.519. The number of benzene rings is 1. The third-order valence-corrected chi connectivity index (χ3v) is 5.89. The van der Waals surface area contributed by atoms with E-state index in [1.54, 1.807) is 23.5 Å². The number of hydrogen-bond acceptors (Lipinski definition) is 7. The fourth-order valence-corrected chi connectivity index (χ4v) is 4.07. The van der Waals surface area contributed by atoms with Gasteiger partial charge in [-0.1, -0.05) is 0 Å². The van der Waals surface area contributed by atoms with Gasteiger partial charge in [-0.15, -0.1) is 11.3 Å². The van der Waals surface area contributed by atoms with Gasteiger partial charge >= 0.3 is 0 Å². The number of rotatable bonds is 3. The molecule has 0 aliphatic carbocycles. The fraction of sp³-hybridized carbons (Fsp3) is 0.333. The summed E-state index contributed by atoms with van der Waals surface area (Å²) in [4.78, 5) is 25.7. The molecule has 3 heterocycles. The molecule has 1 saturated heterocycles. The van der Waals surface area contributed by atoms with Crippen molar-refractivity contribution >= 4 is 38.9 Å². The number of non-ortho nitro benzene ring substituents is 1. The summed E-state index contributed by atoms with van der Waals surface area (Å²) in [7, 11) is 0. The molecule has 134 valence electrons. The number of thiazole rings is 1. The van der Waals surface area contributed by atoms with Crippen molar-refractivity contribution in [2.24, 2.45) is 0 Å². The molecule has 0 spiro atoms. The van der Waals surface area contributed by atoms with Crippen molar-refractivity contribution in [1.29, 1.82) is 0 Å². The minimum Gasteiger partial charge on any atom is -0.353 e. The zero-order chi connectivity index (χ0) is 18.3. The van der Waals surface area contributed by atoms with E-state index in [0.29, 0.717) is 0 Å². The Bertz CT molecular complexity index is 959. The number of hydrogen-bond donors (Lipinski definition) is 0. The Balaban J connectivity index is 1.50. The first-order valence-electron chi connectivity index (χ1n) is 8.50. The molecule has 7 nitrogen and oxygen atoms in total. The monoisotopic (exact) mass is 369 g/mol. The Labute approximate surface area is 155 Å². The first-order chi connectivity index (χ1) is 12.5. The van der Waals surface area contributed by atoms with Gasteiger partial charge in [0.15, 0.2) is 5.13 Å². The average molecular weight is 369 g/mol. The van der Waals surface area contributed by atoms with Crippen molar-refractivity contribution in [3.05, 3.63) is 51.0 Å². The number of aromatic nitrogens is 2. The molecular formula is C18H19N5O2S. The minimum atomic E-state index is -0.380. The number of aryl methyl sites for hydroxylation is 2. The van der Waals surface area contributed by atoms with E-state index in [4.69, 9.17) is 0 Å². The topological polar surface area (TPSA) is 75.4 Å². The molecule has 26 heavy (non-hydrogen) atoms. The first-order valence-corrected chi connectivity index (χ1v) is 9.32. The average Bonchev–Trinajstić information content (AvgIpc) is 2.99. The molecule has 0 radical (unpaired) electrons. The number of pyridine rings is 1. The molecule has 1 aromatic carbocycles. The standard InChI is InChI=1S/C18H19N5O2S/c1-12-13(2)26-18(19-12)22-9-7-21(8-10-22)17-6-3-14-11-15(23(24)25)4-5-16(14)20-17/h3-6,11H,7-10H2,1-2H3. The normalized spacial score (nSPS) is 14.8. The van der Waals surface area contributed by atoms with Crippen LogP contribution in [0.4, 0.5) is 16.6 Å². The maximum Gasteiger partial charge on any atom is 0.270 e. The van der Waals surface area contributed by atoms with Crippen LogP contribution in [-0.2, 0) is 0 Å². The number of anilines is 2. The zero-order valence-corrected chi connectivity index (χ0v) is 15.5. The molecule has 1 aliphatic heterocycles. The van der Waals surface area contributed by atoms with Crippen LogP contribution in [0.1, 0.15) is 10.6 Å². The Hall–Kier alpha value is -2.74. The van der Waals surface area contributed by atoms with Crippen LogP contribution in [0, 0.1) is 24.0 Å². The van der Waals surface area contributed by atoms with Gasteiger partial charge in [-0.2, -0.15) is 0 Å². The Kier molecular flexibility index (Phi) is 4.20. The van der Waals surface area contributed by atoms with Gasteiger partial charge in [-0.3, -0.25) is 10.1 Å². The van der Waals surface area contributed by atoms with Crippen molar-refractivity contribution in [1.82, 2.24) is 9.97 Å². The Morgan fingerprint density at radius 2 is 1.77 bits per heavy atom. The molecule has 0 unspecified atom stereocenters. The van der Waals surface area contributed by atoms with Crippen molar-refractivity contribution in [2.75, 3.05) is 36.0 Å². The third kappa shape index (κ3) is 3.08. The van der Waals surface area contributed by atoms with Crippen molar-refractivity contribution in [2.45, 2.75) is 13.8 Å². The summed E-state index contributed by atoms with van der Waals surface area (Å²) in [6.45, 7) is 7.73. The lowest BCUT2D eigenvalue weighted by molar-refractivity contribution is -0.384. The van der Waals surface area contributed by atoms with E-state index in [1.807, 2.05) is 12.1 Å². The minimum absolute atomic E-state index is 0.0923. The molecule has 0 N–H and O–H groups in total. The number of piperazine rings is 1. The van der Waals surface area contributed by atoms with Gasteiger partial charge in [0, 0.05) is 48.6 Å². The van der Waals surface area contributed by atoms with Crippen LogP contribution in [-0.4, -0.2) is 41.1 Å². The summed E-state index contributed by atoms with van der Waals surface area (Å²) in [5.74, 6) is 0.914. The maximum absolute atomic E-state index is 10.9. The summed E-state index contributed by atoms with van der Waals surface area (Å²) in [6.07, 6.45) is 0. The number of nitro groups is 1. The Morgan fingerprint density at radius 3 is 2.42 bits per heavy atom. The summed E-state index contributed by atoms with van der Waals surface area (Å²) in [6, 6.07) is 8.64. The maximum atomic E-state index is 10.9. The van der Waals surface area contributed by atoms with Gasteiger partial charge in [0.1, 0.15) is 5.82 Å². The lowest BCUT2D eigenvalue weighted by Gasteiger charge is -2.35. The second-order valence-corrected chi connectivity index (χ2v) is 7.60. The van der Waals surface area contributed by atoms with E-state index >= 15 is 0 Å². The lowest BCUT2D eigenvalue weighted by atomic mass is 10.2. The van der Waals surface area contributed by atoms with Crippen LogP contribution < -0.4 is 9.80 Å². The Morgan fingerprint density at radius 1 is 1.04 bits per heavy atom. The third-order valence-electron chi connectivity index (χ3n) is 4.76. The fourth-order valence-electron chi connectivity index (χ4n) is 3.11.